The molecule has 1 aliphatic heterocycles. The Morgan fingerprint density at radius 1 is 1.30 bits per heavy atom. The summed E-state index contributed by atoms with van der Waals surface area (Å²) in [6.45, 7) is 2.90. The Balaban J connectivity index is 1.30. The Hall–Kier alpha value is -2.58. The van der Waals surface area contributed by atoms with Crippen molar-refractivity contribution >= 4 is 17.0 Å². The molecule has 27 heavy (non-hydrogen) atoms. The van der Waals surface area contributed by atoms with Gasteiger partial charge in [0.2, 0.25) is 5.95 Å². The van der Waals surface area contributed by atoms with Crippen molar-refractivity contribution < 1.29 is 9.13 Å². The number of benzene rings is 1. The highest BCUT2D eigenvalue weighted by molar-refractivity contribution is 5.74. The lowest BCUT2D eigenvalue weighted by Crippen LogP contribution is -2.20. The molecule has 7 nitrogen and oxygen atoms in total. The summed E-state index contributed by atoms with van der Waals surface area (Å²) >= 11 is 0. The van der Waals surface area contributed by atoms with Crippen LogP contribution in [-0.4, -0.2) is 51.1 Å². The Kier molecular flexibility index (Phi) is 5.26. The Labute approximate surface area is 157 Å². The molecular formula is C19H23FN6O. The first kappa shape index (κ1) is 17.8. The SMILES string of the molecule is CN(Cc1cnc(NC[C@@H]2CCCO2)nc1)Cc1nc2ccc(F)cc2[nH]1. The number of rotatable bonds is 7. The predicted octanol–water partition coefficient (Wildman–Crippen LogP) is 2.71. The molecule has 1 aliphatic rings. The second kappa shape index (κ2) is 7.98. The Morgan fingerprint density at radius 2 is 2.15 bits per heavy atom. The van der Waals surface area contributed by atoms with E-state index in [0.717, 1.165) is 42.9 Å². The number of anilines is 1. The molecule has 1 fully saturated rings. The fourth-order valence-electron chi connectivity index (χ4n) is 3.27. The summed E-state index contributed by atoms with van der Waals surface area (Å²) < 4.78 is 18.9. The number of nitrogens with zero attached hydrogens (tertiary/aromatic N) is 4. The maximum absolute atomic E-state index is 13.3. The minimum atomic E-state index is -0.267. The zero-order valence-electron chi connectivity index (χ0n) is 15.3. The van der Waals surface area contributed by atoms with E-state index in [0.29, 0.717) is 24.6 Å². The third-order valence-electron chi connectivity index (χ3n) is 4.58. The van der Waals surface area contributed by atoms with E-state index in [1.54, 1.807) is 6.07 Å². The van der Waals surface area contributed by atoms with Crippen LogP contribution >= 0.6 is 0 Å². The topological polar surface area (TPSA) is 79.0 Å². The summed E-state index contributed by atoms with van der Waals surface area (Å²) in [7, 11) is 2.00. The van der Waals surface area contributed by atoms with E-state index >= 15 is 0 Å². The van der Waals surface area contributed by atoms with Gasteiger partial charge in [0.05, 0.1) is 23.7 Å². The first-order valence-electron chi connectivity index (χ1n) is 9.15. The minimum absolute atomic E-state index is 0.261. The molecule has 0 amide bonds. The molecule has 3 heterocycles. The third-order valence-corrected chi connectivity index (χ3v) is 4.58. The van der Waals surface area contributed by atoms with Crippen molar-refractivity contribution in [2.75, 3.05) is 25.5 Å². The lowest BCUT2D eigenvalue weighted by atomic mass is 10.2. The monoisotopic (exact) mass is 370 g/mol. The van der Waals surface area contributed by atoms with Crippen molar-refractivity contribution in [3.05, 3.63) is 47.8 Å². The van der Waals surface area contributed by atoms with Crippen LogP contribution in [0.1, 0.15) is 24.2 Å². The van der Waals surface area contributed by atoms with Gasteiger partial charge in [-0.25, -0.2) is 19.3 Å². The number of imidazole rings is 1. The van der Waals surface area contributed by atoms with Gasteiger partial charge >= 0.3 is 0 Å². The van der Waals surface area contributed by atoms with E-state index in [4.69, 9.17) is 4.74 Å². The molecule has 0 saturated carbocycles. The second-order valence-electron chi connectivity index (χ2n) is 6.95. The maximum Gasteiger partial charge on any atom is 0.222 e. The zero-order chi connectivity index (χ0) is 18.6. The summed E-state index contributed by atoms with van der Waals surface area (Å²) in [4.78, 5) is 18.5. The predicted molar refractivity (Wildman–Crippen MR) is 101 cm³/mol. The van der Waals surface area contributed by atoms with Gasteiger partial charge in [0, 0.05) is 37.7 Å². The third kappa shape index (κ3) is 4.58. The van der Waals surface area contributed by atoms with Gasteiger partial charge in [-0.3, -0.25) is 4.90 Å². The van der Waals surface area contributed by atoms with Crippen molar-refractivity contribution in [2.45, 2.75) is 32.0 Å². The molecule has 0 radical (unpaired) electrons. The van der Waals surface area contributed by atoms with E-state index in [9.17, 15) is 4.39 Å². The molecule has 0 spiro atoms. The van der Waals surface area contributed by atoms with Crippen LogP contribution in [0.15, 0.2) is 30.6 Å². The van der Waals surface area contributed by atoms with Crippen LogP contribution in [0, 0.1) is 5.82 Å². The highest BCUT2D eigenvalue weighted by Crippen LogP contribution is 2.15. The molecule has 2 aromatic heterocycles. The molecule has 1 saturated heterocycles. The fraction of sp³-hybridized carbons (Fsp3) is 0.421. The molecule has 8 heteroatoms. The number of aromatic nitrogens is 4. The summed E-state index contributed by atoms with van der Waals surface area (Å²) in [5.74, 6) is 1.15. The molecular weight excluding hydrogens is 347 g/mol. The van der Waals surface area contributed by atoms with E-state index < -0.39 is 0 Å². The number of hydrogen-bond donors (Lipinski definition) is 2. The number of H-pyrrole nitrogens is 1. The summed E-state index contributed by atoms with van der Waals surface area (Å²) in [6.07, 6.45) is 6.13. The largest absolute Gasteiger partial charge is 0.376 e. The highest BCUT2D eigenvalue weighted by Gasteiger charge is 2.15. The van der Waals surface area contributed by atoms with Crippen molar-refractivity contribution in [2.24, 2.45) is 0 Å². The van der Waals surface area contributed by atoms with Gasteiger partial charge < -0.3 is 15.0 Å². The number of fused-ring (bicyclic) bond motifs is 1. The van der Waals surface area contributed by atoms with Crippen molar-refractivity contribution in [3.63, 3.8) is 0 Å². The molecule has 4 rings (SSSR count). The van der Waals surface area contributed by atoms with Gasteiger partial charge in [0.1, 0.15) is 11.6 Å². The molecule has 3 aromatic rings. The van der Waals surface area contributed by atoms with Gasteiger partial charge in [-0.05, 0) is 38.1 Å². The molecule has 1 aromatic carbocycles. The number of aromatic amines is 1. The van der Waals surface area contributed by atoms with Gasteiger partial charge in [-0.1, -0.05) is 0 Å². The first-order chi connectivity index (χ1) is 13.2. The quantitative estimate of drug-likeness (QED) is 0.666. The van der Waals surface area contributed by atoms with E-state index in [1.807, 2.05) is 19.4 Å². The van der Waals surface area contributed by atoms with E-state index in [2.05, 4.69) is 30.2 Å². The van der Waals surface area contributed by atoms with Gasteiger partial charge in [0.25, 0.3) is 0 Å². The summed E-state index contributed by atoms with van der Waals surface area (Å²) in [6, 6.07) is 4.56. The van der Waals surface area contributed by atoms with Gasteiger partial charge in [-0.2, -0.15) is 0 Å². The normalized spacial score (nSPS) is 17.1. The number of nitrogens with one attached hydrogen (secondary N) is 2. The Bertz CT molecular complexity index is 891. The highest BCUT2D eigenvalue weighted by atomic mass is 19.1. The van der Waals surface area contributed by atoms with Crippen LogP contribution in [0.4, 0.5) is 10.3 Å². The van der Waals surface area contributed by atoms with Crippen molar-refractivity contribution in [3.8, 4) is 0 Å². The van der Waals surface area contributed by atoms with Crippen molar-refractivity contribution in [1.29, 1.82) is 0 Å². The minimum Gasteiger partial charge on any atom is -0.376 e. The molecule has 0 aliphatic carbocycles. The number of halogens is 1. The second-order valence-corrected chi connectivity index (χ2v) is 6.95. The number of ether oxygens (including phenoxy) is 1. The molecule has 1 atom stereocenters. The number of hydrogen-bond acceptors (Lipinski definition) is 6. The van der Waals surface area contributed by atoms with Crippen LogP contribution < -0.4 is 5.32 Å². The smallest absolute Gasteiger partial charge is 0.222 e. The zero-order valence-corrected chi connectivity index (χ0v) is 15.3. The van der Waals surface area contributed by atoms with Crippen LogP contribution in [-0.2, 0) is 17.8 Å². The average molecular weight is 370 g/mol. The van der Waals surface area contributed by atoms with Gasteiger partial charge in [-0.15, -0.1) is 0 Å². The molecule has 0 bridgehead atoms. The van der Waals surface area contributed by atoms with Crippen LogP contribution in [0.25, 0.3) is 11.0 Å². The van der Waals surface area contributed by atoms with Crippen LogP contribution in [0.5, 0.6) is 0 Å². The standard InChI is InChI=1S/C19H23FN6O/c1-26(12-18-24-16-5-4-14(20)7-17(16)25-18)11-13-8-21-19(22-9-13)23-10-15-3-2-6-27-15/h4-5,7-9,15H,2-3,6,10-12H2,1H3,(H,24,25)(H,21,22,23)/t15-/m0/s1. The van der Waals surface area contributed by atoms with Crippen LogP contribution in [0.3, 0.4) is 0 Å². The lowest BCUT2D eigenvalue weighted by Gasteiger charge is -2.15. The maximum atomic E-state index is 13.3. The van der Waals surface area contributed by atoms with Gasteiger partial charge in [0.15, 0.2) is 0 Å². The van der Waals surface area contributed by atoms with E-state index in [-0.39, 0.29) is 11.9 Å². The molecule has 0 unspecified atom stereocenters. The summed E-state index contributed by atoms with van der Waals surface area (Å²) in [5, 5.41) is 3.22. The Morgan fingerprint density at radius 3 is 2.93 bits per heavy atom. The average Bonchev–Trinajstić information content (AvgIpc) is 3.30. The first-order valence-corrected chi connectivity index (χ1v) is 9.15. The molecule has 2 N–H and O–H groups in total. The summed E-state index contributed by atoms with van der Waals surface area (Å²) in [5.41, 5.74) is 2.50. The van der Waals surface area contributed by atoms with Crippen molar-refractivity contribution in [1.82, 2.24) is 24.8 Å². The van der Waals surface area contributed by atoms with Crippen LogP contribution in [0.2, 0.25) is 0 Å². The fourth-order valence-corrected chi connectivity index (χ4v) is 3.27. The molecule has 142 valence electrons. The lowest BCUT2D eigenvalue weighted by molar-refractivity contribution is 0.120. The van der Waals surface area contributed by atoms with E-state index in [1.165, 1.54) is 12.1 Å².